The number of ether oxygens (including phenoxy) is 2. The second-order valence-electron chi connectivity index (χ2n) is 5.73. The average molecular weight is 380 g/mol. The quantitative estimate of drug-likeness (QED) is 0.355. The van der Waals surface area contributed by atoms with Crippen LogP contribution in [0.4, 0.5) is 0 Å². The molecule has 0 amide bonds. The minimum atomic E-state index is -0.521. The maximum atomic E-state index is 12.0. The summed E-state index contributed by atoms with van der Waals surface area (Å²) in [5.41, 5.74) is 2.10. The number of hydrogen-bond acceptors (Lipinski definition) is 5. The van der Waals surface area contributed by atoms with Crippen LogP contribution in [0.2, 0.25) is 5.02 Å². The monoisotopic (exact) mass is 379 g/mol. The smallest absolute Gasteiger partial charge is 0.349 e. The van der Waals surface area contributed by atoms with Crippen LogP contribution >= 0.6 is 11.6 Å². The summed E-state index contributed by atoms with van der Waals surface area (Å²) in [7, 11) is 0. The standard InChI is InChI=1S/C21H14ClNO4/c22-15-6-8-16(9-7-15)25-13-20(24)26-17-10-11-18-19(12-17)27-21(23-18)14-4-2-1-3-5-14/h1-12H,13H2. The van der Waals surface area contributed by atoms with Crippen molar-refractivity contribution >= 4 is 28.7 Å². The van der Waals surface area contributed by atoms with Gasteiger partial charge in [0, 0.05) is 16.7 Å². The first kappa shape index (κ1) is 17.1. The summed E-state index contributed by atoms with van der Waals surface area (Å²) in [6, 6.07) is 21.4. The number of fused-ring (bicyclic) bond motifs is 1. The highest BCUT2D eigenvalue weighted by Gasteiger charge is 2.11. The molecule has 134 valence electrons. The largest absolute Gasteiger partial charge is 0.482 e. The predicted molar refractivity (Wildman–Crippen MR) is 102 cm³/mol. The van der Waals surface area contributed by atoms with Crippen LogP contribution in [0.15, 0.2) is 77.2 Å². The molecule has 5 nitrogen and oxygen atoms in total. The number of aromatic nitrogens is 1. The molecule has 0 atom stereocenters. The average Bonchev–Trinajstić information content (AvgIpc) is 3.12. The van der Waals surface area contributed by atoms with Gasteiger partial charge in [-0.15, -0.1) is 0 Å². The first-order chi connectivity index (χ1) is 13.2. The van der Waals surface area contributed by atoms with E-state index in [0.29, 0.717) is 33.5 Å². The number of rotatable bonds is 5. The minimum Gasteiger partial charge on any atom is -0.482 e. The highest BCUT2D eigenvalue weighted by Crippen LogP contribution is 2.27. The molecule has 0 unspecified atom stereocenters. The van der Waals surface area contributed by atoms with E-state index >= 15 is 0 Å². The third kappa shape index (κ3) is 4.10. The van der Waals surface area contributed by atoms with Crippen molar-refractivity contribution in [2.75, 3.05) is 6.61 Å². The van der Waals surface area contributed by atoms with E-state index in [2.05, 4.69) is 4.98 Å². The molecule has 3 aromatic carbocycles. The molecule has 6 heteroatoms. The van der Waals surface area contributed by atoms with Gasteiger partial charge >= 0.3 is 5.97 Å². The van der Waals surface area contributed by atoms with Gasteiger partial charge in [0.15, 0.2) is 12.2 Å². The summed E-state index contributed by atoms with van der Waals surface area (Å²) < 4.78 is 16.5. The SMILES string of the molecule is O=C(COc1ccc(Cl)cc1)Oc1ccc2nc(-c3ccccc3)oc2c1. The summed E-state index contributed by atoms with van der Waals surface area (Å²) in [5.74, 6) is 0.893. The fourth-order valence-corrected chi connectivity index (χ4v) is 2.63. The number of hydrogen-bond donors (Lipinski definition) is 0. The molecular weight excluding hydrogens is 366 g/mol. The van der Waals surface area contributed by atoms with E-state index in [4.69, 9.17) is 25.5 Å². The Labute approximate surface area is 160 Å². The lowest BCUT2D eigenvalue weighted by atomic mass is 10.2. The number of oxazole rings is 1. The molecule has 0 aliphatic heterocycles. The summed E-state index contributed by atoms with van der Waals surface area (Å²) in [6.45, 7) is -0.217. The van der Waals surface area contributed by atoms with Crippen molar-refractivity contribution in [1.29, 1.82) is 0 Å². The van der Waals surface area contributed by atoms with E-state index in [-0.39, 0.29) is 6.61 Å². The van der Waals surface area contributed by atoms with Gasteiger partial charge in [-0.2, -0.15) is 0 Å². The zero-order valence-electron chi connectivity index (χ0n) is 14.1. The van der Waals surface area contributed by atoms with Crippen molar-refractivity contribution in [2.45, 2.75) is 0 Å². The third-order valence-electron chi connectivity index (χ3n) is 3.78. The Morgan fingerprint density at radius 3 is 2.48 bits per heavy atom. The lowest BCUT2D eigenvalue weighted by molar-refractivity contribution is -0.136. The molecule has 0 saturated carbocycles. The van der Waals surface area contributed by atoms with Crippen LogP contribution in [-0.4, -0.2) is 17.6 Å². The maximum Gasteiger partial charge on any atom is 0.349 e. The summed E-state index contributed by atoms with van der Waals surface area (Å²) >= 11 is 5.81. The predicted octanol–water partition coefficient (Wildman–Crippen LogP) is 5.13. The highest BCUT2D eigenvalue weighted by molar-refractivity contribution is 6.30. The van der Waals surface area contributed by atoms with E-state index < -0.39 is 5.97 Å². The molecule has 4 aromatic rings. The van der Waals surface area contributed by atoms with E-state index in [9.17, 15) is 4.79 Å². The van der Waals surface area contributed by atoms with Crippen LogP contribution in [0, 0.1) is 0 Å². The molecule has 4 rings (SSSR count). The third-order valence-corrected chi connectivity index (χ3v) is 4.03. The number of benzene rings is 3. The van der Waals surface area contributed by atoms with Crippen LogP contribution in [-0.2, 0) is 4.79 Å². The summed E-state index contributed by atoms with van der Waals surface area (Å²) in [4.78, 5) is 16.4. The van der Waals surface area contributed by atoms with Gasteiger partial charge in [-0.25, -0.2) is 9.78 Å². The maximum absolute atomic E-state index is 12.0. The summed E-state index contributed by atoms with van der Waals surface area (Å²) in [5, 5.41) is 0.597. The van der Waals surface area contributed by atoms with Gasteiger partial charge in [0.1, 0.15) is 17.0 Å². The second-order valence-corrected chi connectivity index (χ2v) is 6.17. The van der Waals surface area contributed by atoms with Crippen molar-refractivity contribution in [1.82, 2.24) is 4.98 Å². The van der Waals surface area contributed by atoms with Crippen LogP contribution in [0.1, 0.15) is 0 Å². The zero-order valence-corrected chi connectivity index (χ0v) is 14.8. The van der Waals surface area contributed by atoms with Gasteiger partial charge in [-0.3, -0.25) is 0 Å². The molecule has 0 bridgehead atoms. The number of halogens is 1. The zero-order chi connectivity index (χ0) is 18.6. The van der Waals surface area contributed by atoms with Crippen LogP contribution in [0.3, 0.4) is 0 Å². The van der Waals surface area contributed by atoms with Gasteiger partial charge in [0.2, 0.25) is 5.89 Å². The fourth-order valence-electron chi connectivity index (χ4n) is 2.51. The van der Waals surface area contributed by atoms with Gasteiger partial charge < -0.3 is 13.9 Å². The molecular formula is C21H14ClNO4. The fraction of sp³-hybridized carbons (Fsp3) is 0.0476. The number of nitrogens with zero attached hydrogens (tertiary/aromatic N) is 1. The molecule has 0 spiro atoms. The molecule has 0 aliphatic rings. The van der Waals surface area contributed by atoms with Gasteiger partial charge in [0.25, 0.3) is 0 Å². The molecule has 1 aromatic heterocycles. The molecule has 1 heterocycles. The Hall–Kier alpha value is -3.31. The van der Waals surface area contributed by atoms with Gasteiger partial charge in [-0.05, 0) is 48.5 Å². The molecule has 0 saturated heterocycles. The Morgan fingerprint density at radius 1 is 0.963 bits per heavy atom. The van der Waals surface area contributed by atoms with E-state index in [1.54, 1.807) is 42.5 Å². The normalized spacial score (nSPS) is 10.7. The van der Waals surface area contributed by atoms with E-state index in [0.717, 1.165) is 5.56 Å². The number of carbonyl (C=O) groups excluding carboxylic acids is 1. The van der Waals surface area contributed by atoms with Crippen LogP contribution < -0.4 is 9.47 Å². The molecule has 0 fully saturated rings. The van der Waals surface area contributed by atoms with Crippen molar-refractivity contribution < 1.29 is 18.7 Å². The van der Waals surface area contributed by atoms with E-state index in [1.807, 2.05) is 30.3 Å². The molecule has 0 radical (unpaired) electrons. The number of esters is 1. The Kier molecular flexibility index (Phi) is 4.77. The van der Waals surface area contributed by atoms with Crippen molar-refractivity contribution in [3.63, 3.8) is 0 Å². The highest BCUT2D eigenvalue weighted by atomic mass is 35.5. The Morgan fingerprint density at radius 2 is 1.70 bits per heavy atom. The first-order valence-corrected chi connectivity index (χ1v) is 8.60. The van der Waals surface area contributed by atoms with Crippen molar-refractivity contribution in [2.24, 2.45) is 0 Å². The first-order valence-electron chi connectivity index (χ1n) is 8.22. The minimum absolute atomic E-state index is 0.217. The van der Waals surface area contributed by atoms with Gasteiger partial charge in [-0.1, -0.05) is 29.8 Å². The van der Waals surface area contributed by atoms with Crippen LogP contribution in [0.5, 0.6) is 11.5 Å². The topological polar surface area (TPSA) is 61.6 Å². The molecule has 27 heavy (non-hydrogen) atoms. The Balaban J connectivity index is 1.44. The lowest BCUT2D eigenvalue weighted by Gasteiger charge is -2.06. The molecule has 0 N–H and O–H groups in total. The Bertz CT molecular complexity index is 1070. The lowest BCUT2D eigenvalue weighted by Crippen LogP contribution is -2.17. The number of carbonyl (C=O) groups is 1. The van der Waals surface area contributed by atoms with Crippen molar-refractivity contribution in [3.05, 3.63) is 77.8 Å². The summed E-state index contributed by atoms with van der Waals surface area (Å²) in [6.07, 6.45) is 0. The van der Waals surface area contributed by atoms with Gasteiger partial charge in [0.05, 0.1) is 0 Å². The molecule has 0 aliphatic carbocycles. The second kappa shape index (κ2) is 7.51. The van der Waals surface area contributed by atoms with Crippen molar-refractivity contribution in [3.8, 4) is 23.0 Å². The van der Waals surface area contributed by atoms with Crippen LogP contribution in [0.25, 0.3) is 22.6 Å². The van der Waals surface area contributed by atoms with E-state index in [1.165, 1.54) is 0 Å².